The maximum absolute atomic E-state index is 12.2. The van der Waals surface area contributed by atoms with Crippen molar-refractivity contribution in [1.29, 1.82) is 0 Å². The van der Waals surface area contributed by atoms with E-state index in [0.717, 1.165) is 9.35 Å². The highest BCUT2D eigenvalue weighted by Crippen LogP contribution is 2.19. The lowest BCUT2D eigenvalue weighted by Crippen LogP contribution is -2.24. The zero-order chi connectivity index (χ0) is 15.1. The van der Waals surface area contributed by atoms with Crippen molar-refractivity contribution >= 4 is 33.2 Å². The molecule has 2 aromatic heterocycles. The summed E-state index contributed by atoms with van der Waals surface area (Å²) < 4.78 is 1.00. The first kappa shape index (κ1) is 15.7. The minimum atomic E-state index is -0.256. The number of hydrogen-bond donors (Lipinski definition) is 2. The molecular weight excluding hydrogens is 352 g/mol. The molecule has 0 aromatic carbocycles. The number of aliphatic hydroxyl groups excluding tert-OH is 1. The number of pyridine rings is 1. The van der Waals surface area contributed by atoms with Gasteiger partial charge in [-0.05, 0) is 34.1 Å². The van der Waals surface area contributed by atoms with E-state index in [4.69, 9.17) is 5.11 Å². The number of rotatable bonds is 4. The second-order valence-corrected chi connectivity index (χ2v) is 6.00. The van der Waals surface area contributed by atoms with Gasteiger partial charge in [0.15, 0.2) is 0 Å². The molecule has 0 saturated heterocycles. The molecule has 0 atom stereocenters. The molecule has 6 heteroatoms. The summed E-state index contributed by atoms with van der Waals surface area (Å²) in [5, 5.41) is 13.5. The maximum atomic E-state index is 12.2. The highest BCUT2D eigenvalue weighted by Gasteiger charge is 2.11. The Morgan fingerprint density at radius 2 is 2.38 bits per heavy atom. The Morgan fingerprint density at radius 1 is 1.52 bits per heavy atom. The van der Waals surface area contributed by atoms with Gasteiger partial charge in [-0.25, -0.2) is 4.98 Å². The van der Waals surface area contributed by atoms with Gasteiger partial charge in [0.2, 0.25) is 0 Å². The average Bonchev–Trinajstić information content (AvgIpc) is 2.91. The molecule has 0 bridgehead atoms. The fourth-order valence-electron chi connectivity index (χ4n) is 1.60. The van der Waals surface area contributed by atoms with Crippen LogP contribution in [0.15, 0.2) is 34.2 Å². The van der Waals surface area contributed by atoms with Crippen LogP contribution >= 0.6 is 27.3 Å². The highest BCUT2D eigenvalue weighted by molar-refractivity contribution is 9.10. The first-order chi connectivity index (χ1) is 10.2. The predicted molar refractivity (Wildman–Crippen MR) is 86.0 cm³/mol. The zero-order valence-corrected chi connectivity index (χ0v) is 13.5. The molecule has 21 heavy (non-hydrogen) atoms. The van der Waals surface area contributed by atoms with Crippen LogP contribution < -0.4 is 5.32 Å². The number of halogens is 1. The molecule has 4 nitrogen and oxygen atoms in total. The smallest absolute Gasteiger partial charge is 0.271 e. The van der Waals surface area contributed by atoms with Crippen molar-refractivity contribution in [3.05, 3.63) is 50.4 Å². The molecular formula is C15H13BrN2O2S. The summed E-state index contributed by atoms with van der Waals surface area (Å²) in [6.07, 6.45) is 1.94. The average molecular weight is 365 g/mol. The first-order valence-electron chi connectivity index (χ1n) is 6.26. The Hall–Kier alpha value is -1.68. The number of hydrogen-bond acceptors (Lipinski definition) is 4. The third-order valence-corrected chi connectivity index (χ3v) is 4.23. The van der Waals surface area contributed by atoms with Gasteiger partial charge in [0.25, 0.3) is 5.91 Å². The molecule has 0 aliphatic rings. The van der Waals surface area contributed by atoms with Crippen molar-refractivity contribution in [2.24, 2.45) is 0 Å². The molecule has 2 rings (SSSR count). The van der Waals surface area contributed by atoms with Crippen molar-refractivity contribution in [2.75, 3.05) is 6.61 Å². The number of carbonyl (C=O) groups is 1. The van der Waals surface area contributed by atoms with Crippen molar-refractivity contribution in [3.63, 3.8) is 0 Å². The van der Waals surface area contributed by atoms with E-state index in [0.29, 0.717) is 24.2 Å². The summed E-state index contributed by atoms with van der Waals surface area (Å²) in [5.41, 5.74) is 0.870. The molecule has 1 amide bonds. The van der Waals surface area contributed by atoms with E-state index >= 15 is 0 Å². The third kappa shape index (κ3) is 4.67. The van der Waals surface area contributed by atoms with Gasteiger partial charge in [-0.3, -0.25) is 4.79 Å². The minimum Gasteiger partial charge on any atom is -0.395 e. The Morgan fingerprint density at radius 3 is 3.10 bits per heavy atom. The molecule has 2 aromatic rings. The van der Waals surface area contributed by atoms with Gasteiger partial charge < -0.3 is 10.4 Å². The lowest BCUT2D eigenvalue weighted by atomic mass is 10.2. The maximum Gasteiger partial charge on any atom is 0.271 e. The van der Waals surface area contributed by atoms with E-state index in [-0.39, 0.29) is 12.5 Å². The monoisotopic (exact) mass is 364 g/mol. The van der Waals surface area contributed by atoms with Crippen LogP contribution in [0.1, 0.15) is 27.3 Å². The summed E-state index contributed by atoms with van der Waals surface area (Å²) in [6.45, 7) is 0.456. The molecule has 2 heterocycles. The second kappa shape index (κ2) is 7.93. The van der Waals surface area contributed by atoms with E-state index in [2.05, 4.69) is 38.1 Å². The van der Waals surface area contributed by atoms with Gasteiger partial charge in [-0.1, -0.05) is 11.8 Å². The van der Waals surface area contributed by atoms with Crippen LogP contribution in [0, 0.1) is 11.8 Å². The van der Waals surface area contributed by atoms with E-state index in [1.807, 2.05) is 11.4 Å². The van der Waals surface area contributed by atoms with Gasteiger partial charge in [0.05, 0.1) is 18.7 Å². The Balaban J connectivity index is 2.07. The van der Waals surface area contributed by atoms with Gasteiger partial charge in [0.1, 0.15) is 5.69 Å². The predicted octanol–water partition coefficient (Wildman–Crippen LogP) is 2.57. The van der Waals surface area contributed by atoms with Crippen LogP contribution in [0.4, 0.5) is 0 Å². The Labute approximate surface area is 135 Å². The summed E-state index contributed by atoms with van der Waals surface area (Å²) >= 11 is 4.95. The topological polar surface area (TPSA) is 62.2 Å². The number of thiophene rings is 1. The molecule has 0 fully saturated rings. The van der Waals surface area contributed by atoms with Crippen molar-refractivity contribution in [1.82, 2.24) is 10.3 Å². The lowest BCUT2D eigenvalue weighted by Gasteiger charge is -2.04. The molecule has 0 aliphatic carbocycles. The summed E-state index contributed by atoms with van der Waals surface area (Å²) in [6, 6.07) is 5.44. The highest BCUT2D eigenvalue weighted by atomic mass is 79.9. The van der Waals surface area contributed by atoms with Crippen molar-refractivity contribution < 1.29 is 9.90 Å². The molecule has 108 valence electrons. The number of carbonyl (C=O) groups excluding carboxylic acids is 1. The standard InChI is InChI=1S/C15H13BrN2O2S/c16-12-8-13(21-10-12)9-18-15(20)14-11(4-1-2-7-19)5-3-6-17-14/h3,5-6,8,10,19H,2,7,9H2,(H,18,20). The van der Waals surface area contributed by atoms with E-state index in [1.165, 1.54) is 0 Å². The lowest BCUT2D eigenvalue weighted by molar-refractivity contribution is 0.0946. The van der Waals surface area contributed by atoms with Gasteiger partial charge in [-0.2, -0.15) is 0 Å². The van der Waals surface area contributed by atoms with Crippen LogP contribution in [-0.2, 0) is 6.54 Å². The van der Waals surface area contributed by atoms with Gasteiger partial charge in [-0.15, -0.1) is 11.3 Å². The van der Waals surface area contributed by atoms with Gasteiger partial charge >= 0.3 is 0 Å². The van der Waals surface area contributed by atoms with Crippen molar-refractivity contribution in [2.45, 2.75) is 13.0 Å². The van der Waals surface area contributed by atoms with Gasteiger partial charge in [0, 0.05) is 27.3 Å². The quantitative estimate of drug-likeness (QED) is 0.819. The minimum absolute atomic E-state index is 0.00203. The van der Waals surface area contributed by atoms with E-state index in [1.54, 1.807) is 29.7 Å². The van der Waals surface area contributed by atoms with Crippen molar-refractivity contribution in [3.8, 4) is 11.8 Å². The van der Waals surface area contributed by atoms with Crippen LogP contribution in [0.25, 0.3) is 0 Å². The second-order valence-electron chi connectivity index (χ2n) is 4.09. The number of nitrogens with zero attached hydrogens (tertiary/aromatic N) is 1. The normalized spacial score (nSPS) is 9.81. The number of aliphatic hydroxyl groups is 1. The Bertz CT molecular complexity index is 688. The van der Waals surface area contributed by atoms with Crippen LogP contribution in [-0.4, -0.2) is 22.6 Å². The number of amides is 1. The molecule has 0 radical (unpaired) electrons. The fraction of sp³-hybridized carbons (Fsp3) is 0.200. The molecule has 0 aliphatic heterocycles. The number of nitrogens with one attached hydrogen (secondary N) is 1. The van der Waals surface area contributed by atoms with Crippen LogP contribution in [0.5, 0.6) is 0 Å². The largest absolute Gasteiger partial charge is 0.395 e. The molecule has 2 N–H and O–H groups in total. The zero-order valence-electron chi connectivity index (χ0n) is 11.1. The number of aromatic nitrogens is 1. The van der Waals surface area contributed by atoms with E-state index in [9.17, 15) is 4.79 Å². The summed E-state index contributed by atoms with van der Waals surface area (Å²) in [4.78, 5) is 17.3. The SMILES string of the molecule is O=C(NCc1cc(Br)cs1)c1ncccc1C#CCCO. The first-order valence-corrected chi connectivity index (χ1v) is 7.94. The molecule has 0 saturated carbocycles. The molecule has 0 unspecified atom stereocenters. The van der Waals surface area contributed by atoms with Crippen LogP contribution in [0.2, 0.25) is 0 Å². The van der Waals surface area contributed by atoms with Crippen LogP contribution in [0.3, 0.4) is 0 Å². The summed E-state index contributed by atoms with van der Waals surface area (Å²) in [5.74, 6) is 5.40. The van der Waals surface area contributed by atoms with E-state index < -0.39 is 0 Å². The summed E-state index contributed by atoms with van der Waals surface area (Å²) in [7, 11) is 0. The molecule has 0 spiro atoms. The third-order valence-electron chi connectivity index (χ3n) is 2.53. The Kier molecular flexibility index (Phi) is 5.93. The fourth-order valence-corrected chi connectivity index (χ4v) is 2.99.